The highest BCUT2D eigenvalue weighted by Crippen LogP contribution is 2.28. The summed E-state index contributed by atoms with van der Waals surface area (Å²) in [5.74, 6) is 1.60. The number of H-pyrrole nitrogens is 1. The first-order valence-corrected chi connectivity index (χ1v) is 9.15. The Bertz CT molecular complexity index is 667. The van der Waals surface area contributed by atoms with Crippen molar-refractivity contribution in [3.05, 3.63) is 29.8 Å². The molecule has 1 amide bonds. The van der Waals surface area contributed by atoms with Crippen LogP contribution in [0.2, 0.25) is 0 Å². The molecule has 136 valence electrons. The summed E-state index contributed by atoms with van der Waals surface area (Å²) < 4.78 is 5.05. The van der Waals surface area contributed by atoms with Crippen molar-refractivity contribution in [2.45, 2.75) is 57.9 Å². The molecule has 7 nitrogen and oxygen atoms in total. The molecule has 25 heavy (non-hydrogen) atoms. The summed E-state index contributed by atoms with van der Waals surface area (Å²) >= 11 is 0. The lowest BCUT2D eigenvalue weighted by molar-refractivity contribution is -0.122. The lowest BCUT2D eigenvalue weighted by Crippen LogP contribution is -2.48. The number of aromatic amines is 1. The number of anilines is 1. The Labute approximate surface area is 148 Å². The van der Waals surface area contributed by atoms with E-state index in [-0.39, 0.29) is 11.9 Å². The molecule has 2 aromatic rings. The molecule has 1 saturated heterocycles. The Kier molecular flexibility index (Phi) is 5.86. The molecule has 7 heteroatoms. The van der Waals surface area contributed by atoms with Gasteiger partial charge in [0, 0.05) is 30.4 Å². The van der Waals surface area contributed by atoms with Gasteiger partial charge in [0.05, 0.1) is 6.04 Å². The molecular weight excluding hydrogens is 318 g/mol. The van der Waals surface area contributed by atoms with Gasteiger partial charge in [-0.15, -0.1) is 0 Å². The Morgan fingerprint density at radius 3 is 3.12 bits per heavy atom. The molecule has 0 aromatic carbocycles. The van der Waals surface area contributed by atoms with E-state index >= 15 is 0 Å². The summed E-state index contributed by atoms with van der Waals surface area (Å²) in [5.41, 5.74) is 1.16. The average Bonchev–Trinajstić information content (AvgIpc) is 3.27. The Hall–Kier alpha value is -2.15. The molecule has 0 aliphatic carbocycles. The molecular formula is C18H27N5O2. The molecule has 3 rings (SSSR count). The van der Waals surface area contributed by atoms with E-state index in [2.05, 4.69) is 32.5 Å². The van der Waals surface area contributed by atoms with Crippen LogP contribution in [0.4, 0.5) is 5.82 Å². The molecule has 0 bridgehead atoms. The fraction of sp³-hybridized carbons (Fsp3) is 0.611. The van der Waals surface area contributed by atoms with E-state index in [9.17, 15) is 4.79 Å². The van der Waals surface area contributed by atoms with E-state index in [0.29, 0.717) is 17.5 Å². The Morgan fingerprint density at radius 1 is 1.56 bits per heavy atom. The van der Waals surface area contributed by atoms with Crippen molar-refractivity contribution in [1.29, 1.82) is 0 Å². The number of aromatic nitrogens is 3. The largest absolute Gasteiger partial charge is 0.360 e. The number of likely N-dealkylation sites (tertiary alicyclic amines) is 1. The number of hydrogen-bond donors (Lipinski definition) is 2. The van der Waals surface area contributed by atoms with Crippen molar-refractivity contribution in [1.82, 2.24) is 20.3 Å². The third kappa shape index (κ3) is 4.48. The van der Waals surface area contributed by atoms with Gasteiger partial charge in [0.15, 0.2) is 5.82 Å². The van der Waals surface area contributed by atoms with Gasteiger partial charge in [-0.25, -0.2) is 0 Å². The number of unbranched alkanes of at least 4 members (excludes halogenated alkanes) is 1. The predicted molar refractivity (Wildman–Crippen MR) is 95.3 cm³/mol. The quantitative estimate of drug-likeness (QED) is 0.805. The molecule has 1 aliphatic rings. The van der Waals surface area contributed by atoms with Crippen LogP contribution in [0, 0.1) is 6.92 Å². The van der Waals surface area contributed by atoms with Crippen molar-refractivity contribution in [2.24, 2.45) is 0 Å². The number of carbonyl (C=O) groups is 1. The summed E-state index contributed by atoms with van der Waals surface area (Å²) in [6.07, 6.45) is 6.97. The fourth-order valence-electron chi connectivity index (χ4n) is 3.55. The minimum atomic E-state index is -0.136. The fourth-order valence-corrected chi connectivity index (χ4v) is 3.55. The second-order valence-corrected chi connectivity index (χ2v) is 6.82. The number of nitrogens with zero attached hydrogens (tertiary/aromatic N) is 3. The van der Waals surface area contributed by atoms with Gasteiger partial charge in [-0.2, -0.15) is 5.10 Å². The van der Waals surface area contributed by atoms with Crippen LogP contribution < -0.4 is 5.32 Å². The van der Waals surface area contributed by atoms with E-state index in [0.717, 1.165) is 50.9 Å². The number of nitrogens with one attached hydrogen (secondary N) is 2. The molecule has 3 heterocycles. The summed E-state index contributed by atoms with van der Waals surface area (Å²) in [7, 11) is 0. The van der Waals surface area contributed by atoms with Gasteiger partial charge in [0.1, 0.15) is 5.76 Å². The molecule has 1 aliphatic heterocycles. The van der Waals surface area contributed by atoms with Gasteiger partial charge < -0.3 is 9.84 Å². The summed E-state index contributed by atoms with van der Waals surface area (Å²) in [6, 6.07) is 3.65. The molecule has 0 radical (unpaired) electrons. The Morgan fingerprint density at radius 2 is 2.44 bits per heavy atom. The van der Waals surface area contributed by atoms with Crippen LogP contribution >= 0.6 is 0 Å². The normalized spacial score (nSPS) is 19.7. The van der Waals surface area contributed by atoms with Gasteiger partial charge in [-0.1, -0.05) is 24.9 Å². The predicted octanol–water partition coefficient (Wildman–Crippen LogP) is 3.08. The van der Waals surface area contributed by atoms with Crippen molar-refractivity contribution in [3.63, 3.8) is 0 Å². The van der Waals surface area contributed by atoms with Gasteiger partial charge in [0.2, 0.25) is 5.91 Å². The number of piperidine rings is 1. The number of hydrogen-bond acceptors (Lipinski definition) is 5. The highest BCUT2D eigenvalue weighted by molar-refractivity contribution is 5.94. The third-order valence-corrected chi connectivity index (χ3v) is 4.87. The standard InChI is InChI=1S/C18H27N5O2/c1-3-4-7-16(18(24)20-17-11-13(2)25-22-17)23-10-5-6-14(12-23)15-8-9-19-21-15/h8-9,11,14,16H,3-7,10,12H2,1-2H3,(H,19,21)(H,20,22,24). The molecule has 2 unspecified atom stereocenters. The van der Waals surface area contributed by atoms with Gasteiger partial charge in [-0.05, 0) is 38.8 Å². The van der Waals surface area contributed by atoms with Gasteiger partial charge in [0.25, 0.3) is 0 Å². The van der Waals surface area contributed by atoms with Gasteiger partial charge >= 0.3 is 0 Å². The second kappa shape index (κ2) is 8.29. The van der Waals surface area contributed by atoms with Crippen molar-refractivity contribution >= 4 is 11.7 Å². The first-order chi connectivity index (χ1) is 12.2. The zero-order valence-corrected chi connectivity index (χ0v) is 15.0. The molecule has 2 atom stereocenters. The van der Waals surface area contributed by atoms with Crippen molar-refractivity contribution in [3.8, 4) is 0 Å². The van der Waals surface area contributed by atoms with Crippen molar-refractivity contribution < 1.29 is 9.32 Å². The van der Waals surface area contributed by atoms with Crippen LogP contribution in [0.5, 0.6) is 0 Å². The zero-order chi connectivity index (χ0) is 17.6. The zero-order valence-electron chi connectivity index (χ0n) is 15.0. The monoisotopic (exact) mass is 345 g/mol. The van der Waals surface area contributed by atoms with E-state index in [1.54, 1.807) is 12.3 Å². The lowest BCUT2D eigenvalue weighted by atomic mass is 9.92. The Balaban J connectivity index is 1.69. The average molecular weight is 345 g/mol. The molecule has 1 fully saturated rings. The van der Waals surface area contributed by atoms with Crippen LogP contribution in [0.15, 0.2) is 22.9 Å². The number of carbonyl (C=O) groups excluding carboxylic acids is 1. The number of amides is 1. The van der Waals surface area contributed by atoms with E-state index in [1.807, 2.05) is 13.0 Å². The first-order valence-electron chi connectivity index (χ1n) is 9.15. The van der Waals surface area contributed by atoms with Crippen LogP contribution in [0.3, 0.4) is 0 Å². The summed E-state index contributed by atoms with van der Waals surface area (Å²) in [4.78, 5) is 15.2. The minimum absolute atomic E-state index is 0.00649. The maximum absolute atomic E-state index is 12.9. The van der Waals surface area contributed by atoms with Crippen LogP contribution in [-0.4, -0.2) is 45.3 Å². The minimum Gasteiger partial charge on any atom is -0.360 e. The summed E-state index contributed by atoms with van der Waals surface area (Å²) in [6.45, 7) is 5.79. The van der Waals surface area contributed by atoms with Crippen molar-refractivity contribution in [2.75, 3.05) is 18.4 Å². The SMILES string of the molecule is CCCCC(C(=O)Nc1cc(C)on1)N1CCCC(c2ccn[nH]2)C1. The highest BCUT2D eigenvalue weighted by Gasteiger charge is 2.31. The highest BCUT2D eigenvalue weighted by atomic mass is 16.5. The van der Waals surface area contributed by atoms with E-state index < -0.39 is 0 Å². The van der Waals surface area contributed by atoms with Crippen LogP contribution in [-0.2, 0) is 4.79 Å². The number of rotatable bonds is 7. The topological polar surface area (TPSA) is 87.1 Å². The molecule has 0 saturated carbocycles. The third-order valence-electron chi connectivity index (χ3n) is 4.87. The smallest absolute Gasteiger partial charge is 0.242 e. The maximum atomic E-state index is 12.9. The van der Waals surface area contributed by atoms with Crippen LogP contribution in [0.25, 0.3) is 0 Å². The molecule has 0 spiro atoms. The number of aryl methyl sites for hydroxylation is 1. The second-order valence-electron chi connectivity index (χ2n) is 6.82. The summed E-state index contributed by atoms with van der Waals surface area (Å²) in [5, 5.41) is 13.9. The lowest BCUT2D eigenvalue weighted by Gasteiger charge is -2.37. The van der Waals surface area contributed by atoms with E-state index in [1.165, 1.54) is 0 Å². The molecule has 2 aromatic heterocycles. The van der Waals surface area contributed by atoms with Crippen LogP contribution in [0.1, 0.15) is 56.4 Å². The molecule has 2 N–H and O–H groups in total. The first kappa shape index (κ1) is 17.7. The van der Waals surface area contributed by atoms with Gasteiger partial charge in [-0.3, -0.25) is 14.8 Å². The maximum Gasteiger partial charge on any atom is 0.242 e. The van der Waals surface area contributed by atoms with E-state index in [4.69, 9.17) is 4.52 Å².